The Balaban J connectivity index is 1.21. The molecule has 2 aliphatic rings. The van der Waals surface area contributed by atoms with E-state index in [2.05, 4.69) is 15.2 Å². The van der Waals surface area contributed by atoms with Gasteiger partial charge in [0, 0.05) is 44.4 Å². The van der Waals surface area contributed by atoms with Crippen LogP contribution in [0.3, 0.4) is 0 Å². The van der Waals surface area contributed by atoms with Crippen molar-refractivity contribution >= 4 is 28.8 Å². The van der Waals surface area contributed by atoms with E-state index in [1.54, 1.807) is 22.7 Å². The third kappa shape index (κ3) is 4.31. The summed E-state index contributed by atoms with van der Waals surface area (Å²) in [5, 5.41) is 3.54. The number of fused-ring (bicyclic) bond motifs is 1. The quantitative estimate of drug-likeness (QED) is 0.533. The van der Waals surface area contributed by atoms with E-state index >= 15 is 0 Å². The topological polar surface area (TPSA) is 49.6 Å². The summed E-state index contributed by atoms with van der Waals surface area (Å²) in [7, 11) is 0. The molecule has 3 heterocycles. The molecule has 1 aliphatic carbocycles. The van der Waals surface area contributed by atoms with Crippen molar-refractivity contribution < 1.29 is 13.6 Å². The molecule has 1 amide bonds. The van der Waals surface area contributed by atoms with Gasteiger partial charge in [-0.25, -0.2) is 13.8 Å². The number of nitrogens with one attached hydrogen (secondary N) is 1. The number of amides is 1. The molecule has 1 saturated heterocycles. The molecule has 0 radical (unpaired) electrons. The van der Waals surface area contributed by atoms with Crippen LogP contribution in [0.1, 0.15) is 54.4 Å². The maximum Gasteiger partial charge on any atom is 0.270 e. The number of carbonyl (C=O) groups is 1. The minimum Gasteiger partial charge on any atom is -0.371 e. The highest BCUT2D eigenvalue weighted by Gasteiger charge is 2.56. The highest BCUT2D eigenvalue weighted by Crippen LogP contribution is 2.57. The third-order valence-electron chi connectivity index (χ3n) is 7.05. The number of aromatic nitrogens is 2. The summed E-state index contributed by atoms with van der Waals surface area (Å²) in [6, 6.07) is 11.7. The van der Waals surface area contributed by atoms with E-state index in [1.165, 1.54) is 0 Å². The van der Waals surface area contributed by atoms with Crippen molar-refractivity contribution in [3.05, 3.63) is 64.6 Å². The molecule has 1 aliphatic heterocycles. The number of piperidine rings is 1. The van der Waals surface area contributed by atoms with Gasteiger partial charge in [0.1, 0.15) is 11.3 Å². The number of hydrogen-bond acceptors (Lipinski definition) is 3. The van der Waals surface area contributed by atoms with Crippen LogP contribution in [0, 0.1) is 5.41 Å². The maximum atomic E-state index is 13.3. The smallest absolute Gasteiger partial charge is 0.270 e. The number of aryl methyl sites for hydroxylation is 1. The second-order valence-corrected chi connectivity index (χ2v) is 9.82. The van der Waals surface area contributed by atoms with Crippen molar-refractivity contribution in [2.24, 2.45) is 5.41 Å². The van der Waals surface area contributed by atoms with Gasteiger partial charge in [-0.3, -0.25) is 9.20 Å². The van der Waals surface area contributed by atoms with Crippen molar-refractivity contribution in [3.63, 3.8) is 0 Å². The molecular weight excluding hydrogens is 446 g/mol. The number of carbonyl (C=O) groups excluding carboxylic acids is 1. The Hall–Kier alpha value is -2.67. The van der Waals surface area contributed by atoms with Gasteiger partial charge in [-0.15, -0.1) is 0 Å². The Kier molecular flexibility index (Phi) is 5.55. The number of alkyl halides is 2. The van der Waals surface area contributed by atoms with Crippen molar-refractivity contribution in [2.75, 3.05) is 18.0 Å². The second-order valence-electron chi connectivity index (χ2n) is 9.38. The lowest BCUT2D eigenvalue weighted by atomic mass is 9.61. The fourth-order valence-corrected chi connectivity index (χ4v) is 5.44. The first-order valence-electron chi connectivity index (χ1n) is 11.4. The average Bonchev–Trinajstić information content (AvgIpc) is 3.15. The zero-order valence-electron chi connectivity index (χ0n) is 18.6. The SMILES string of the molecule is CCc1nc2ccc(Cl)cn2c1C(=O)NCc1ccc(N2CCC3(CC2)CC(F)(F)C3)cc1. The Morgan fingerprint density at radius 1 is 1.12 bits per heavy atom. The normalized spacial score (nSPS) is 19.0. The van der Waals surface area contributed by atoms with Gasteiger partial charge in [0.2, 0.25) is 5.92 Å². The fourth-order valence-electron chi connectivity index (χ4n) is 5.28. The number of rotatable bonds is 5. The van der Waals surface area contributed by atoms with Gasteiger partial charge in [0.15, 0.2) is 0 Å². The van der Waals surface area contributed by atoms with Crippen LogP contribution in [0.2, 0.25) is 5.02 Å². The van der Waals surface area contributed by atoms with Crippen LogP contribution < -0.4 is 10.2 Å². The van der Waals surface area contributed by atoms with Crippen molar-refractivity contribution in [1.29, 1.82) is 0 Å². The lowest BCUT2D eigenvalue weighted by Gasteiger charge is -2.52. The molecule has 2 aromatic heterocycles. The number of hydrogen-bond donors (Lipinski definition) is 1. The van der Waals surface area contributed by atoms with Crippen LogP contribution in [0.5, 0.6) is 0 Å². The number of benzene rings is 1. The molecule has 33 heavy (non-hydrogen) atoms. The molecule has 8 heteroatoms. The minimum atomic E-state index is -2.46. The number of imidazole rings is 1. The van der Waals surface area contributed by atoms with E-state index in [0.717, 1.165) is 42.9 Å². The summed E-state index contributed by atoms with van der Waals surface area (Å²) < 4.78 is 28.4. The zero-order chi connectivity index (χ0) is 23.2. The molecule has 5 rings (SSSR count). The van der Waals surface area contributed by atoms with E-state index in [1.807, 2.05) is 31.2 Å². The number of halogens is 3. The molecule has 3 aromatic rings. The number of pyridine rings is 1. The van der Waals surface area contributed by atoms with E-state index in [4.69, 9.17) is 11.6 Å². The Morgan fingerprint density at radius 3 is 2.45 bits per heavy atom. The predicted octanol–water partition coefficient (Wildman–Crippen LogP) is 5.50. The van der Waals surface area contributed by atoms with Gasteiger partial charge < -0.3 is 10.2 Å². The molecule has 1 spiro atoms. The molecule has 1 saturated carbocycles. The van der Waals surface area contributed by atoms with Crippen LogP contribution >= 0.6 is 11.6 Å². The molecule has 0 atom stereocenters. The summed E-state index contributed by atoms with van der Waals surface area (Å²) in [5.41, 5.74) is 3.87. The zero-order valence-corrected chi connectivity index (χ0v) is 19.3. The molecular formula is C25H27ClF2N4O. The van der Waals surface area contributed by atoms with Crippen molar-refractivity contribution in [1.82, 2.24) is 14.7 Å². The largest absolute Gasteiger partial charge is 0.371 e. The van der Waals surface area contributed by atoms with Crippen LogP contribution in [0.15, 0.2) is 42.6 Å². The predicted molar refractivity (Wildman–Crippen MR) is 125 cm³/mol. The van der Waals surface area contributed by atoms with Crippen LogP contribution in [0.4, 0.5) is 14.5 Å². The lowest BCUT2D eigenvalue weighted by molar-refractivity contribution is -0.168. The first kappa shape index (κ1) is 22.1. The Bertz CT molecular complexity index is 1170. The summed E-state index contributed by atoms with van der Waals surface area (Å²) in [6.07, 6.45) is 4.09. The molecule has 2 fully saturated rings. The summed E-state index contributed by atoms with van der Waals surface area (Å²) >= 11 is 6.12. The van der Waals surface area contributed by atoms with Gasteiger partial charge in [0.05, 0.1) is 10.7 Å². The fraction of sp³-hybridized carbons (Fsp3) is 0.440. The lowest BCUT2D eigenvalue weighted by Crippen LogP contribution is -2.52. The van der Waals surface area contributed by atoms with E-state index in [9.17, 15) is 13.6 Å². The second kappa shape index (κ2) is 8.28. The van der Waals surface area contributed by atoms with Crippen LogP contribution in [-0.4, -0.2) is 34.3 Å². The summed E-state index contributed by atoms with van der Waals surface area (Å²) in [6.45, 7) is 3.98. The Labute approximate surface area is 196 Å². The Morgan fingerprint density at radius 2 is 1.82 bits per heavy atom. The molecule has 174 valence electrons. The number of nitrogens with zero attached hydrogens (tertiary/aromatic N) is 3. The van der Waals surface area contributed by atoms with Crippen LogP contribution in [0.25, 0.3) is 5.65 Å². The summed E-state index contributed by atoms with van der Waals surface area (Å²) in [5.74, 6) is -2.65. The molecule has 0 unspecified atom stereocenters. The standard InChI is InChI=1S/C25H27ClF2N4O/c1-2-20-22(32-14-18(26)5-8-21(32)30-20)23(33)29-13-17-3-6-19(7-4-17)31-11-9-24(10-12-31)15-25(27,28)16-24/h3-8,14H,2,9-13,15-16H2,1H3,(H,29,33). The van der Waals surface area contributed by atoms with E-state index < -0.39 is 5.92 Å². The van der Waals surface area contributed by atoms with Crippen molar-refractivity contribution in [3.8, 4) is 0 Å². The van der Waals surface area contributed by atoms with E-state index in [0.29, 0.717) is 29.3 Å². The molecule has 0 bridgehead atoms. The molecule has 5 nitrogen and oxygen atoms in total. The van der Waals surface area contributed by atoms with Gasteiger partial charge >= 0.3 is 0 Å². The van der Waals surface area contributed by atoms with Crippen LogP contribution in [-0.2, 0) is 13.0 Å². The summed E-state index contributed by atoms with van der Waals surface area (Å²) in [4.78, 5) is 19.8. The van der Waals surface area contributed by atoms with Gasteiger partial charge in [-0.1, -0.05) is 30.7 Å². The van der Waals surface area contributed by atoms with Gasteiger partial charge in [0.25, 0.3) is 5.91 Å². The monoisotopic (exact) mass is 472 g/mol. The average molecular weight is 473 g/mol. The first-order valence-corrected chi connectivity index (χ1v) is 11.8. The highest BCUT2D eigenvalue weighted by atomic mass is 35.5. The van der Waals surface area contributed by atoms with Gasteiger partial charge in [-0.05, 0) is 54.5 Å². The van der Waals surface area contributed by atoms with E-state index in [-0.39, 0.29) is 24.2 Å². The number of anilines is 1. The first-order chi connectivity index (χ1) is 15.8. The van der Waals surface area contributed by atoms with Gasteiger partial charge in [-0.2, -0.15) is 0 Å². The molecule has 1 N–H and O–H groups in total. The molecule has 1 aromatic carbocycles. The maximum absolute atomic E-state index is 13.3. The highest BCUT2D eigenvalue weighted by molar-refractivity contribution is 6.30. The van der Waals surface area contributed by atoms with Crippen molar-refractivity contribution in [2.45, 2.75) is 51.5 Å². The minimum absolute atomic E-state index is 0.0465. The third-order valence-corrected chi connectivity index (χ3v) is 7.27.